The summed E-state index contributed by atoms with van der Waals surface area (Å²) in [4.78, 5) is 16.3. The van der Waals surface area contributed by atoms with Crippen molar-refractivity contribution in [3.63, 3.8) is 0 Å². The van der Waals surface area contributed by atoms with E-state index in [-0.39, 0.29) is 12.0 Å². The van der Waals surface area contributed by atoms with Crippen molar-refractivity contribution < 1.29 is 13.2 Å². The molecule has 6 nitrogen and oxygen atoms in total. The minimum atomic E-state index is -4.50. The molecule has 0 saturated carbocycles. The number of fused-ring (bicyclic) bond motifs is 1. The maximum absolute atomic E-state index is 13.0. The first kappa shape index (κ1) is 18.5. The molecule has 2 aliphatic heterocycles. The molecule has 2 unspecified atom stereocenters. The number of anilines is 2. The highest BCUT2D eigenvalue weighted by Gasteiger charge is 2.41. The maximum atomic E-state index is 13.0. The number of hydrogen-bond donors (Lipinski definition) is 0. The van der Waals surface area contributed by atoms with Gasteiger partial charge in [-0.3, -0.25) is 0 Å². The zero-order chi connectivity index (χ0) is 19.9. The topological polar surface area (TPSA) is 68.9 Å². The predicted molar refractivity (Wildman–Crippen MR) is 96.8 cm³/mol. The summed E-state index contributed by atoms with van der Waals surface area (Å²) in [6, 6.07) is 6.71. The quantitative estimate of drug-likeness (QED) is 0.787. The van der Waals surface area contributed by atoms with Crippen LogP contribution in [0.4, 0.5) is 24.9 Å². The fourth-order valence-electron chi connectivity index (χ4n) is 4.09. The van der Waals surface area contributed by atoms with Crippen molar-refractivity contribution in [2.45, 2.75) is 32.0 Å². The number of nitrogens with zero attached hydrogens (tertiary/aromatic N) is 6. The third-order valence-electron chi connectivity index (χ3n) is 5.49. The van der Waals surface area contributed by atoms with Crippen LogP contribution in [0.3, 0.4) is 0 Å². The zero-order valence-corrected chi connectivity index (χ0v) is 15.3. The van der Waals surface area contributed by atoms with Gasteiger partial charge < -0.3 is 9.80 Å². The lowest BCUT2D eigenvalue weighted by atomic mass is 9.92. The number of aromatic nitrogens is 3. The van der Waals surface area contributed by atoms with Crippen molar-refractivity contribution >= 4 is 11.8 Å². The Hall–Kier alpha value is -2.89. The summed E-state index contributed by atoms with van der Waals surface area (Å²) in [5, 5.41) is 9.45. The Morgan fingerprint density at radius 2 is 1.93 bits per heavy atom. The normalized spacial score (nSPS) is 22.1. The third kappa shape index (κ3) is 3.35. The van der Waals surface area contributed by atoms with Crippen LogP contribution in [0.1, 0.15) is 29.8 Å². The van der Waals surface area contributed by atoms with Crippen LogP contribution < -0.4 is 9.80 Å². The fraction of sp³-hybridized carbons (Fsp3) is 0.474. The number of pyridine rings is 1. The van der Waals surface area contributed by atoms with Crippen LogP contribution in [-0.2, 0) is 6.18 Å². The van der Waals surface area contributed by atoms with Crippen LogP contribution in [0.5, 0.6) is 0 Å². The summed E-state index contributed by atoms with van der Waals surface area (Å²) in [6.45, 7) is 3.77. The van der Waals surface area contributed by atoms with Gasteiger partial charge in [0, 0.05) is 31.5 Å². The van der Waals surface area contributed by atoms with Crippen molar-refractivity contribution in [1.29, 1.82) is 5.26 Å². The molecule has 2 aliphatic rings. The molecule has 0 radical (unpaired) electrons. The van der Waals surface area contributed by atoms with Gasteiger partial charge in [0.15, 0.2) is 0 Å². The molecule has 0 aromatic carbocycles. The predicted octanol–water partition coefficient (Wildman–Crippen LogP) is 3.18. The van der Waals surface area contributed by atoms with Gasteiger partial charge in [-0.15, -0.1) is 0 Å². The Balaban J connectivity index is 1.61. The molecular weight excluding hydrogens is 369 g/mol. The summed E-state index contributed by atoms with van der Waals surface area (Å²) in [7, 11) is 0. The molecule has 0 spiro atoms. The molecule has 0 amide bonds. The average Bonchev–Trinajstić information content (AvgIpc) is 3.10. The van der Waals surface area contributed by atoms with Gasteiger partial charge in [-0.25, -0.2) is 15.0 Å². The lowest BCUT2D eigenvalue weighted by molar-refractivity contribution is -0.141. The van der Waals surface area contributed by atoms with E-state index >= 15 is 0 Å². The van der Waals surface area contributed by atoms with E-state index in [0.717, 1.165) is 37.3 Å². The summed E-state index contributed by atoms with van der Waals surface area (Å²) < 4.78 is 39.0. The van der Waals surface area contributed by atoms with Gasteiger partial charge in [0.25, 0.3) is 0 Å². The second-order valence-corrected chi connectivity index (χ2v) is 7.22. The SMILES string of the molecule is Cc1ccc(C#N)c(N2CCC3CCN(c4nccc(C(F)(F)F)n4)CC32)n1. The Labute approximate surface area is 160 Å². The molecule has 4 heterocycles. The number of hydrogen-bond acceptors (Lipinski definition) is 6. The number of nitriles is 1. The van der Waals surface area contributed by atoms with Gasteiger partial charge in [0.1, 0.15) is 17.6 Å². The molecule has 0 aliphatic carbocycles. The molecule has 2 fully saturated rings. The molecule has 2 saturated heterocycles. The molecule has 2 atom stereocenters. The minimum absolute atomic E-state index is 0.0632. The van der Waals surface area contributed by atoms with Crippen molar-refractivity contribution in [3.05, 3.63) is 41.3 Å². The summed E-state index contributed by atoms with van der Waals surface area (Å²) in [6.07, 6.45) is -1.53. The molecule has 9 heteroatoms. The van der Waals surface area contributed by atoms with Crippen molar-refractivity contribution in [2.24, 2.45) is 5.92 Å². The maximum Gasteiger partial charge on any atom is 0.433 e. The first-order valence-corrected chi connectivity index (χ1v) is 9.16. The summed E-state index contributed by atoms with van der Waals surface area (Å²) >= 11 is 0. The first-order valence-electron chi connectivity index (χ1n) is 9.16. The highest BCUT2D eigenvalue weighted by molar-refractivity contribution is 5.56. The van der Waals surface area contributed by atoms with Crippen molar-refractivity contribution in [1.82, 2.24) is 15.0 Å². The Kier molecular flexibility index (Phi) is 4.57. The van der Waals surface area contributed by atoms with E-state index < -0.39 is 11.9 Å². The van der Waals surface area contributed by atoms with E-state index in [4.69, 9.17) is 0 Å². The summed E-state index contributed by atoms with van der Waals surface area (Å²) in [5.74, 6) is 1.16. The standard InChI is InChI=1S/C19H19F3N6/c1-12-2-3-14(10-23)17(25-12)28-9-6-13-5-8-27(11-15(13)28)18-24-7-4-16(26-18)19(20,21)22/h2-4,7,13,15H,5-6,8-9,11H2,1H3. The van der Waals surface area contributed by atoms with Gasteiger partial charge in [0.2, 0.25) is 5.95 Å². The van der Waals surface area contributed by atoms with Gasteiger partial charge >= 0.3 is 6.18 Å². The van der Waals surface area contributed by atoms with Crippen molar-refractivity contribution in [2.75, 3.05) is 29.4 Å². The van der Waals surface area contributed by atoms with Gasteiger partial charge in [0.05, 0.1) is 11.6 Å². The molecule has 146 valence electrons. The van der Waals surface area contributed by atoms with Crippen LogP contribution in [-0.4, -0.2) is 40.6 Å². The Bertz CT molecular complexity index is 923. The molecular formula is C19H19F3N6. The second-order valence-electron chi connectivity index (χ2n) is 7.22. The molecule has 2 aromatic rings. The van der Waals surface area contributed by atoms with Crippen molar-refractivity contribution in [3.8, 4) is 6.07 Å². The minimum Gasteiger partial charge on any atom is -0.350 e. The number of piperidine rings is 1. The van der Waals surface area contributed by atoms with Gasteiger partial charge in [-0.1, -0.05) is 0 Å². The highest BCUT2D eigenvalue weighted by Crippen LogP contribution is 2.37. The highest BCUT2D eigenvalue weighted by atomic mass is 19.4. The Morgan fingerprint density at radius 3 is 2.68 bits per heavy atom. The molecule has 0 N–H and O–H groups in total. The zero-order valence-electron chi connectivity index (χ0n) is 15.3. The fourth-order valence-corrected chi connectivity index (χ4v) is 4.09. The molecule has 4 rings (SSSR count). The van der Waals surface area contributed by atoms with Crippen LogP contribution in [0.2, 0.25) is 0 Å². The average molecular weight is 388 g/mol. The van der Waals surface area contributed by atoms with Gasteiger partial charge in [-0.2, -0.15) is 18.4 Å². The van der Waals surface area contributed by atoms with E-state index in [2.05, 4.69) is 25.9 Å². The van der Waals surface area contributed by atoms with Crippen LogP contribution in [0.15, 0.2) is 24.4 Å². The molecule has 0 bridgehead atoms. The van der Waals surface area contributed by atoms with E-state index in [9.17, 15) is 18.4 Å². The monoisotopic (exact) mass is 388 g/mol. The van der Waals surface area contributed by atoms with E-state index in [1.165, 1.54) is 0 Å². The lowest BCUT2D eigenvalue weighted by Gasteiger charge is -2.39. The third-order valence-corrected chi connectivity index (χ3v) is 5.49. The Morgan fingerprint density at radius 1 is 1.14 bits per heavy atom. The van der Waals surface area contributed by atoms with E-state index in [1.54, 1.807) is 17.0 Å². The largest absolute Gasteiger partial charge is 0.433 e. The number of halogens is 3. The van der Waals surface area contributed by atoms with Crippen LogP contribution in [0, 0.1) is 24.2 Å². The van der Waals surface area contributed by atoms with Gasteiger partial charge in [-0.05, 0) is 43.9 Å². The summed E-state index contributed by atoms with van der Waals surface area (Å²) in [5.41, 5.74) is 0.403. The molecule has 28 heavy (non-hydrogen) atoms. The lowest BCUT2D eigenvalue weighted by Crippen LogP contribution is -2.49. The number of alkyl halides is 3. The molecule has 2 aromatic heterocycles. The van der Waals surface area contributed by atoms with Crippen LogP contribution >= 0.6 is 0 Å². The smallest absolute Gasteiger partial charge is 0.350 e. The van der Waals surface area contributed by atoms with E-state index in [0.29, 0.717) is 30.4 Å². The number of rotatable bonds is 2. The van der Waals surface area contributed by atoms with E-state index in [1.807, 2.05) is 6.92 Å². The second kappa shape index (κ2) is 6.93. The number of aryl methyl sites for hydroxylation is 1. The van der Waals surface area contributed by atoms with Crippen LogP contribution in [0.25, 0.3) is 0 Å². The first-order chi connectivity index (χ1) is 13.4.